The van der Waals surface area contributed by atoms with E-state index < -0.39 is 23.8 Å². The second kappa shape index (κ2) is 9.13. The number of carbonyl (C=O) groups is 3. The van der Waals surface area contributed by atoms with E-state index in [0.29, 0.717) is 22.4 Å². The van der Waals surface area contributed by atoms with Gasteiger partial charge in [0.1, 0.15) is 5.82 Å². The maximum Gasteiger partial charge on any atom is 0.339 e. The molecule has 0 aliphatic rings. The molecule has 0 heterocycles. The molecule has 0 spiro atoms. The summed E-state index contributed by atoms with van der Waals surface area (Å²) in [4.78, 5) is 37.1. The third kappa shape index (κ3) is 4.97. The first-order chi connectivity index (χ1) is 14.3. The monoisotopic (exact) mass is 405 g/mol. The van der Waals surface area contributed by atoms with E-state index in [9.17, 15) is 18.8 Å². The zero-order chi connectivity index (χ0) is 21.7. The molecule has 5 nitrogen and oxygen atoms in total. The second-order valence-electron chi connectivity index (χ2n) is 6.79. The largest absolute Gasteiger partial charge is 0.444 e. The van der Waals surface area contributed by atoms with Crippen LogP contribution in [0.25, 0.3) is 0 Å². The maximum absolute atomic E-state index is 13.8. The lowest BCUT2D eigenvalue weighted by molar-refractivity contribution is -0.125. The second-order valence-corrected chi connectivity index (χ2v) is 6.79. The molecule has 0 aliphatic heterocycles. The highest BCUT2D eigenvalue weighted by Crippen LogP contribution is 2.23. The normalized spacial score (nSPS) is 11.4. The van der Waals surface area contributed by atoms with Gasteiger partial charge in [0, 0.05) is 16.8 Å². The van der Waals surface area contributed by atoms with Crippen LogP contribution in [-0.4, -0.2) is 17.7 Å². The van der Waals surface area contributed by atoms with Crippen LogP contribution in [0.1, 0.15) is 44.9 Å². The van der Waals surface area contributed by atoms with E-state index in [1.165, 1.54) is 19.1 Å². The Bertz CT molecular complexity index is 1100. The molecule has 1 amide bonds. The van der Waals surface area contributed by atoms with Crippen LogP contribution in [0.15, 0.2) is 72.8 Å². The molecule has 0 aromatic heterocycles. The standard InChI is InChI=1S/C24H20FNO4/c1-15-11-12-19(14-21(15)25)24(29)30-22(17-7-4-3-5-8-17)23(28)26-20-10-6-9-18(13-20)16(2)27/h3-14,22H,1-2H3,(H,26,28)/t22-/m1/s1. The highest BCUT2D eigenvalue weighted by atomic mass is 19.1. The van der Waals surface area contributed by atoms with Gasteiger partial charge >= 0.3 is 5.97 Å². The molecule has 1 atom stereocenters. The van der Waals surface area contributed by atoms with E-state index >= 15 is 0 Å². The van der Waals surface area contributed by atoms with E-state index in [2.05, 4.69) is 5.32 Å². The number of halogens is 1. The first-order valence-corrected chi connectivity index (χ1v) is 9.29. The van der Waals surface area contributed by atoms with Gasteiger partial charge in [-0.3, -0.25) is 9.59 Å². The van der Waals surface area contributed by atoms with Gasteiger partial charge in [-0.25, -0.2) is 9.18 Å². The number of nitrogens with one attached hydrogen (secondary N) is 1. The number of Topliss-reactive ketones (excluding diaryl/α,β-unsaturated/α-hetero) is 1. The minimum absolute atomic E-state index is 0.00501. The number of anilines is 1. The van der Waals surface area contributed by atoms with Crippen molar-refractivity contribution in [2.45, 2.75) is 20.0 Å². The maximum atomic E-state index is 13.8. The molecule has 0 bridgehead atoms. The van der Waals surface area contributed by atoms with Gasteiger partial charge < -0.3 is 10.1 Å². The summed E-state index contributed by atoms with van der Waals surface area (Å²) in [6.07, 6.45) is -1.26. The Morgan fingerprint density at radius 1 is 0.900 bits per heavy atom. The third-order valence-corrected chi connectivity index (χ3v) is 4.51. The number of ketones is 1. The van der Waals surface area contributed by atoms with Crippen LogP contribution in [0, 0.1) is 12.7 Å². The van der Waals surface area contributed by atoms with Gasteiger partial charge in [-0.05, 0) is 43.7 Å². The van der Waals surface area contributed by atoms with Crippen molar-refractivity contribution in [1.82, 2.24) is 0 Å². The van der Waals surface area contributed by atoms with Crippen LogP contribution in [0.5, 0.6) is 0 Å². The van der Waals surface area contributed by atoms with E-state index in [1.54, 1.807) is 61.5 Å². The Labute approximate surface area is 173 Å². The lowest BCUT2D eigenvalue weighted by atomic mass is 10.1. The molecule has 0 aliphatic carbocycles. The molecule has 3 rings (SSSR count). The van der Waals surface area contributed by atoms with Crippen molar-refractivity contribution >= 4 is 23.3 Å². The Morgan fingerprint density at radius 2 is 1.63 bits per heavy atom. The summed E-state index contributed by atoms with van der Waals surface area (Å²) in [6.45, 7) is 3.01. The van der Waals surface area contributed by atoms with Crippen LogP contribution in [0.3, 0.4) is 0 Å². The first kappa shape index (κ1) is 20.9. The fraction of sp³-hybridized carbons (Fsp3) is 0.125. The molecule has 6 heteroatoms. The van der Waals surface area contributed by atoms with Crippen LogP contribution in [0.2, 0.25) is 0 Å². The molecule has 1 N–H and O–H groups in total. The van der Waals surface area contributed by atoms with Gasteiger partial charge in [-0.2, -0.15) is 0 Å². The van der Waals surface area contributed by atoms with Gasteiger partial charge in [0.05, 0.1) is 5.56 Å². The summed E-state index contributed by atoms with van der Waals surface area (Å²) < 4.78 is 19.3. The molecule has 0 radical (unpaired) electrons. The van der Waals surface area contributed by atoms with Crippen LogP contribution in [0.4, 0.5) is 10.1 Å². The van der Waals surface area contributed by atoms with Crippen LogP contribution >= 0.6 is 0 Å². The number of aryl methyl sites for hydroxylation is 1. The number of rotatable bonds is 6. The van der Waals surface area contributed by atoms with Gasteiger partial charge in [0.15, 0.2) is 5.78 Å². The summed E-state index contributed by atoms with van der Waals surface area (Å²) in [5, 5.41) is 2.67. The fourth-order valence-corrected chi connectivity index (χ4v) is 2.82. The summed E-state index contributed by atoms with van der Waals surface area (Å²) in [5.41, 5.74) is 1.69. The number of benzene rings is 3. The molecule has 3 aromatic rings. The lowest BCUT2D eigenvalue weighted by Gasteiger charge is -2.18. The predicted molar refractivity (Wildman–Crippen MR) is 111 cm³/mol. The number of hydrogen-bond acceptors (Lipinski definition) is 4. The third-order valence-electron chi connectivity index (χ3n) is 4.51. The molecule has 3 aromatic carbocycles. The number of amides is 1. The highest BCUT2D eigenvalue weighted by molar-refractivity contribution is 6.00. The Balaban J connectivity index is 1.86. The fourth-order valence-electron chi connectivity index (χ4n) is 2.82. The topological polar surface area (TPSA) is 72.5 Å². The summed E-state index contributed by atoms with van der Waals surface area (Å²) in [7, 11) is 0. The number of hydrogen-bond donors (Lipinski definition) is 1. The highest BCUT2D eigenvalue weighted by Gasteiger charge is 2.26. The van der Waals surface area contributed by atoms with Crippen molar-refractivity contribution in [3.05, 3.63) is 101 Å². The average Bonchev–Trinajstić information content (AvgIpc) is 2.74. The Hall–Kier alpha value is -3.80. The number of ether oxygens (including phenoxy) is 1. The van der Waals surface area contributed by atoms with Gasteiger partial charge in [0.25, 0.3) is 5.91 Å². The van der Waals surface area contributed by atoms with Crippen molar-refractivity contribution in [2.24, 2.45) is 0 Å². The molecular weight excluding hydrogens is 385 g/mol. The van der Waals surface area contributed by atoms with Gasteiger partial charge in [-0.1, -0.05) is 48.5 Å². The molecule has 0 saturated carbocycles. The average molecular weight is 405 g/mol. The predicted octanol–water partition coefficient (Wildman–Crippen LogP) is 4.87. The van der Waals surface area contributed by atoms with Crippen molar-refractivity contribution in [3.8, 4) is 0 Å². The molecular formula is C24H20FNO4. The summed E-state index contributed by atoms with van der Waals surface area (Å²) >= 11 is 0. The smallest absolute Gasteiger partial charge is 0.339 e. The lowest BCUT2D eigenvalue weighted by Crippen LogP contribution is -2.26. The van der Waals surface area contributed by atoms with Crippen molar-refractivity contribution in [3.63, 3.8) is 0 Å². The molecule has 0 fully saturated rings. The minimum atomic E-state index is -1.26. The number of esters is 1. The van der Waals surface area contributed by atoms with Gasteiger partial charge in [0.2, 0.25) is 6.10 Å². The van der Waals surface area contributed by atoms with Crippen molar-refractivity contribution < 1.29 is 23.5 Å². The zero-order valence-corrected chi connectivity index (χ0v) is 16.5. The van der Waals surface area contributed by atoms with Crippen LogP contribution in [-0.2, 0) is 9.53 Å². The summed E-state index contributed by atoms with van der Waals surface area (Å²) in [5.74, 6) is -2.09. The van der Waals surface area contributed by atoms with E-state index in [4.69, 9.17) is 4.74 Å². The van der Waals surface area contributed by atoms with Crippen LogP contribution < -0.4 is 5.32 Å². The van der Waals surface area contributed by atoms with E-state index in [1.807, 2.05) is 0 Å². The molecule has 30 heavy (non-hydrogen) atoms. The number of carbonyl (C=O) groups excluding carboxylic acids is 3. The molecule has 0 saturated heterocycles. The molecule has 152 valence electrons. The van der Waals surface area contributed by atoms with Crippen molar-refractivity contribution in [1.29, 1.82) is 0 Å². The van der Waals surface area contributed by atoms with Crippen molar-refractivity contribution in [2.75, 3.05) is 5.32 Å². The zero-order valence-electron chi connectivity index (χ0n) is 16.5. The molecule has 0 unspecified atom stereocenters. The minimum Gasteiger partial charge on any atom is -0.444 e. The SMILES string of the molecule is CC(=O)c1cccc(NC(=O)[C@H](OC(=O)c2ccc(C)c(F)c2)c2ccccc2)c1. The van der Waals surface area contributed by atoms with E-state index in [0.717, 1.165) is 6.07 Å². The van der Waals surface area contributed by atoms with Gasteiger partial charge in [-0.15, -0.1) is 0 Å². The van der Waals surface area contributed by atoms with E-state index in [-0.39, 0.29) is 11.3 Å². The first-order valence-electron chi connectivity index (χ1n) is 9.29. The summed E-state index contributed by atoms with van der Waals surface area (Å²) in [6, 6.07) is 18.9. The Morgan fingerprint density at radius 3 is 2.30 bits per heavy atom. The quantitative estimate of drug-likeness (QED) is 0.469. The Kier molecular flexibility index (Phi) is 6.37.